The molecule has 3 nitrogen and oxygen atoms in total. The van der Waals surface area contributed by atoms with E-state index >= 15 is 0 Å². The molecule has 0 aliphatic heterocycles. The van der Waals surface area contributed by atoms with Crippen LogP contribution < -0.4 is 5.73 Å². The number of anilines is 1. The Balaban J connectivity index is 2.22. The van der Waals surface area contributed by atoms with Gasteiger partial charge < -0.3 is 5.73 Å². The number of hydrogen-bond donors (Lipinski definition) is 1. The van der Waals surface area contributed by atoms with Gasteiger partial charge in [-0.3, -0.25) is 4.98 Å². The summed E-state index contributed by atoms with van der Waals surface area (Å²) in [6, 6.07) is 5.99. The maximum atomic E-state index is 5.62. The Labute approximate surface area is 89.0 Å². The molecule has 0 aliphatic rings. The van der Waals surface area contributed by atoms with Crippen LogP contribution in [-0.2, 0) is 6.42 Å². The van der Waals surface area contributed by atoms with Gasteiger partial charge in [-0.15, -0.1) is 0 Å². The van der Waals surface area contributed by atoms with Crippen LogP contribution in [0.5, 0.6) is 0 Å². The molecule has 0 amide bonds. The Morgan fingerprint density at radius 3 is 2.80 bits per heavy atom. The Hall–Kier alpha value is -1.90. The van der Waals surface area contributed by atoms with Crippen LogP contribution >= 0.6 is 0 Å². The van der Waals surface area contributed by atoms with Crippen molar-refractivity contribution in [1.82, 2.24) is 9.97 Å². The zero-order valence-electron chi connectivity index (χ0n) is 8.64. The molecule has 76 valence electrons. The SMILES string of the molecule is Cc1cncc(Cc2ccnc(N)c2)c1. The third kappa shape index (κ3) is 2.53. The molecule has 0 fully saturated rings. The molecule has 2 aromatic heterocycles. The first-order valence-electron chi connectivity index (χ1n) is 4.85. The minimum Gasteiger partial charge on any atom is -0.384 e. The number of nitrogens with two attached hydrogens (primary N) is 1. The standard InChI is InChI=1S/C12H13N3/c1-9-4-11(8-14-7-9)5-10-2-3-15-12(13)6-10/h2-4,6-8H,5H2,1H3,(H2,13,15). The van der Waals surface area contributed by atoms with Crippen molar-refractivity contribution in [3.63, 3.8) is 0 Å². The number of pyridine rings is 2. The predicted molar refractivity (Wildman–Crippen MR) is 60.4 cm³/mol. The van der Waals surface area contributed by atoms with Crippen molar-refractivity contribution in [2.45, 2.75) is 13.3 Å². The molecule has 0 radical (unpaired) electrons. The molecule has 0 bridgehead atoms. The van der Waals surface area contributed by atoms with E-state index < -0.39 is 0 Å². The fourth-order valence-electron chi connectivity index (χ4n) is 1.55. The first kappa shape index (κ1) is 9.65. The van der Waals surface area contributed by atoms with Gasteiger partial charge in [-0.05, 0) is 42.2 Å². The molecule has 2 aromatic rings. The minimum atomic E-state index is 0.563. The molecule has 2 heterocycles. The number of rotatable bonds is 2. The zero-order chi connectivity index (χ0) is 10.7. The van der Waals surface area contributed by atoms with Gasteiger partial charge in [0.2, 0.25) is 0 Å². The van der Waals surface area contributed by atoms with E-state index in [-0.39, 0.29) is 0 Å². The van der Waals surface area contributed by atoms with Gasteiger partial charge in [0.05, 0.1) is 0 Å². The maximum absolute atomic E-state index is 5.62. The second-order valence-electron chi connectivity index (χ2n) is 3.64. The lowest BCUT2D eigenvalue weighted by Crippen LogP contribution is -1.94. The van der Waals surface area contributed by atoms with Crippen molar-refractivity contribution in [2.24, 2.45) is 0 Å². The van der Waals surface area contributed by atoms with Crippen LogP contribution in [0, 0.1) is 6.92 Å². The smallest absolute Gasteiger partial charge is 0.123 e. The summed E-state index contributed by atoms with van der Waals surface area (Å²) >= 11 is 0. The van der Waals surface area contributed by atoms with Crippen LogP contribution in [-0.4, -0.2) is 9.97 Å². The van der Waals surface area contributed by atoms with Crippen molar-refractivity contribution in [2.75, 3.05) is 5.73 Å². The highest BCUT2D eigenvalue weighted by Gasteiger charge is 1.98. The summed E-state index contributed by atoms with van der Waals surface area (Å²) < 4.78 is 0. The molecule has 15 heavy (non-hydrogen) atoms. The van der Waals surface area contributed by atoms with E-state index in [1.54, 1.807) is 6.20 Å². The summed E-state index contributed by atoms with van der Waals surface area (Å²) in [5.41, 5.74) is 9.15. The third-order valence-corrected chi connectivity index (χ3v) is 2.19. The highest BCUT2D eigenvalue weighted by Crippen LogP contribution is 2.10. The molecule has 0 atom stereocenters. The molecule has 0 saturated heterocycles. The number of aryl methyl sites for hydroxylation is 1. The fourth-order valence-corrected chi connectivity index (χ4v) is 1.55. The summed E-state index contributed by atoms with van der Waals surface area (Å²) in [7, 11) is 0. The second-order valence-corrected chi connectivity index (χ2v) is 3.64. The molecule has 0 aromatic carbocycles. The van der Waals surface area contributed by atoms with E-state index in [4.69, 9.17) is 5.73 Å². The van der Waals surface area contributed by atoms with Crippen molar-refractivity contribution < 1.29 is 0 Å². The van der Waals surface area contributed by atoms with Crippen LogP contribution in [0.3, 0.4) is 0 Å². The topological polar surface area (TPSA) is 51.8 Å². The van der Waals surface area contributed by atoms with E-state index in [2.05, 4.69) is 16.0 Å². The predicted octanol–water partition coefficient (Wildman–Crippen LogP) is 1.96. The van der Waals surface area contributed by atoms with Crippen molar-refractivity contribution in [1.29, 1.82) is 0 Å². The highest BCUT2D eigenvalue weighted by atomic mass is 14.8. The lowest BCUT2D eigenvalue weighted by Gasteiger charge is -2.02. The van der Waals surface area contributed by atoms with E-state index in [1.807, 2.05) is 31.5 Å². The van der Waals surface area contributed by atoms with Gasteiger partial charge in [0.15, 0.2) is 0 Å². The monoisotopic (exact) mass is 199 g/mol. The Kier molecular flexibility index (Phi) is 2.63. The maximum Gasteiger partial charge on any atom is 0.123 e. The van der Waals surface area contributed by atoms with E-state index in [0.29, 0.717) is 5.82 Å². The van der Waals surface area contributed by atoms with Crippen molar-refractivity contribution in [3.05, 3.63) is 53.5 Å². The number of hydrogen-bond acceptors (Lipinski definition) is 3. The van der Waals surface area contributed by atoms with Gasteiger partial charge in [0, 0.05) is 18.6 Å². The summed E-state index contributed by atoms with van der Waals surface area (Å²) in [5, 5.41) is 0. The molecular weight excluding hydrogens is 186 g/mol. The second kappa shape index (κ2) is 4.09. The van der Waals surface area contributed by atoms with Gasteiger partial charge in [-0.25, -0.2) is 4.98 Å². The Morgan fingerprint density at radius 1 is 1.20 bits per heavy atom. The number of nitrogens with zero attached hydrogens (tertiary/aromatic N) is 2. The molecular formula is C12H13N3. The summed E-state index contributed by atoms with van der Waals surface area (Å²) in [5.74, 6) is 0.563. The van der Waals surface area contributed by atoms with Crippen LogP contribution in [0.25, 0.3) is 0 Å². The van der Waals surface area contributed by atoms with Gasteiger partial charge >= 0.3 is 0 Å². The van der Waals surface area contributed by atoms with Crippen LogP contribution in [0.1, 0.15) is 16.7 Å². The average molecular weight is 199 g/mol. The summed E-state index contributed by atoms with van der Waals surface area (Å²) in [4.78, 5) is 8.12. The van der Waals surface area contributed by atoms with Gasteiger partial charge in [0.1, 0.15) is 5.82 Å². The van der Waals surface area contributed by atoms with Crippen LogP contribution in [0.2, 0.25) is 0 Å². The Bertz CT molecular complexity index is 422. The number of aromatic nitrogens is 2. The molecule has 0 unspecified atom stereocenters. The third-order valence-electron chi connectivity index (χ3n) is 2.19. The molecule has 0 saturated carbocycles. The first-order chi connectivity index (χ1) is 7.24. The largest absolute Gasteiger partial charge is 0.384 e. The lowest BCUT2D eigenvalue weighted by atomic mass is 10.1. The summed E-state index contributed by atoms with van der Waals surface area (Å²) in [6.45, 7) is 2.04. The molecule has 0 spiro atoms. The van der Waals surface area contributed by atoms with Gasteiger partial charge in [-0.1, -0.05) is 6.07 Å². The Morgan fingerprint density at radius 2 is 2.07 bits per heavy atom. The van der Waals surface area contributed by atoms with E-state index in [0.717, 1.165) is 12.0 Å². The highest BCUT2D eigenvalue weighted by molar-refractivity contribution is 5.34. The van der Waals surface area contributed by atoms with E-state index in [1.165, 1.54) is 11.1 Å². The van der Waals surface area contributed by atoms with E-state index in [9.17, 15) is 0 Å². The summed E-state index contributed by atoms with van der Waals surface area (Å²) in [6.07, 6.45) is 6.31. The molecule has 2 rings (SSSR count). The zero-order valence-corrected chi connectivity index (χ0v) is 8.64. The lowest BCUT2D eigenvalue weighted by molar-refractivity contribution is 1.12. The normalized spacial score (nSPS) is 10.2. The average Bonchev–Trinajstić information content (AvgIpc) is 2.17. The van der Waals surface area contributed by atoms with Crippen molar-refractivity contribution >= 4 is 5.82 Å². The quantitative estimate of drug-likeness (QED) is 0.804. The van der Waals surface area contributed by atoms with Gasteiger partial charge in [-0.2, -0.15) is 0 Å². The number of nitrogen functional groups attached to an aromatic ring is 1. The molecule has 2 N–H and O–H groups in total. The van der Waals surface area contributed by atoms with Gasteiger partial charge in [0.25, 0.3) is 0 Å². The van der Waals surface area contributed by atoms with Crippen LogP contribution in [0.4, 0.5) is 5.82 Å². The minimum absolute atomic E-state index is 0.563. The molecule has 3 heteroatoms. The first-order valence-corrected chi connectivity index (χ1v) is 4.85. The molecule has 0 aliphatic carbocycles. The van der Waals surface area contributed by atoms with Crippen molar-refractivity contribution in [3.8, 4) is 0 Å². The fraction of sp³-hybridized carbons (Fsp3) is 0.167. The van der Waals surface area contributed by atoms with Crippen LogP contribution in [0.15, 0.2) is 36.8 Å².